The van der Waals surface area contributed by atoms with Crippen LogP contribution >= 0.6 is 0 Å². The maximum absolute atomic E-state index is 12.2. The first kappa shape index (κ1) is 16.6. The molecular formula is C17H18N2O4. The molecule has 0 aliphatic heterocycles. The van der Waals surface area contributed by atoms with Gasteiger partial charge in [-0.05, 0) is 30.7 Å². The molecule has 0 spiro atoms. The molecule has 2 rings (SSSR count). The Morgan fingerprint density at radius 1 is 1.00 bits per heavy atom. The van der Waals surface area contributed by atoms with Crippen molar-refractivity contribution in [1.29, 1.82) is 0 Å². The van der Waals surface area contributed by atoms with Crippen LogP contribution in [0.2, 0.25) is 0 Å². The molecule has 0 unspecified atom stereocenters. The molecule has 0 aromatic carbocycles. The number of ether oxygens (including phenoxy) is 1. The number of carboxylic acid groups (broad SMARTS) is 1. The largest absolute Gasteiger partial charge is 0.481 e. The van der Waals surface area contributed by atoms with E-state index in [1.807, 2.05) is 6.92 Å². The normalized spacial score (nSPS) is 11.0. The van der Waals surface area contributed by atoms with Crippen molar-refractivity contribution < 1.29 is 19.4 Å². The van der Waals surface area contributed by atoms with Crippen LogP contribution in [-0.2, 0) is 19.9 Å². The van der Waals surface area contributed by atoms with Crippen molar-refractivity contribution in [2.45, 2.75) is 31.8 Å². The van der Waals surface area contributed by atoms with Crippen molar-refractivity contribution in [2.75, 3.05) is 0 Å². The van der Waals surface area contributed by atoms with Crippen LogP contribution < -0.4 is 0 Å². The Morgan fingerprint density at radius 3 is 1.87 bits per heavy atom. The molecule has 2 heterocycles. The fourth-order valence-electron chi connectivity index (χ4n) is 2.46. The quantitative estimate of drug-likeness (QED) is 0.790. The molecule has 0 radical (unpaired) electrons. The lowest BCUT2D eigenvalue weighted by molar-refractivity contribution is -0.159. The Kier molecular flexibility index (Phi) is 5.41. The number of carbonyl (C=O) groups is 2. The van der Waals surface area contributed by atoms with Crippen LogP contribution in [0.1, 0.15) is 37.3 Å². The molecule has 0 bridgehead atoms. The molecule has 0 aliphatic carbocycles. The van der Waals surface area contributed by atoms with Crippen LogP contribution in [-0.4, -0.2) is 27.0 Å². The number of aromatic nitrogens is 2. The molecule has 0 aliphatic rings. The van der Waals surface area contributed by atoms with Crippen molar-refractivity contribution in [2.24, 2.45) is 0 Å². The SMILES string of the molecule is CCC(OC(=O)CCC(=O)O)(c1ccncc1)c1ccncc1. The monoisotopic (exact) mass is 314 g/mol. The Labute approximate surface area is 134 Å². The van der Waals surface area contributed by atoms with Crippen LogP contribution in [0.3, 0.4) is 0 Å². The summed E-state index contributed by atoms with van der Waals surface area (Å²) in [5.41, 5.74) is 0.580. The van der Waals surface area contributed by atoms with Crippen molar-refractivity contribution in [3.05, 3.63) is 60.2 Å². The summed E-state index contributed by atoms with van der Waals surface area (Å²) in [5.74, 6) is -1.58. The van der Waals surface area contributed by atoms with Gasteiger partial charge in [-0.2, -0.15) is 0 Å². The Bertz CT molecular complexity index is 619. The Morgan fingerprint density at radius 2 is 1.48 bits per heavy atom. The van der Waals surface area contributed by atoms with Crippen molar-refractivity contribution >= 4 is 11.9 Å². The maximum Gasteiger partial charge on any atom is 0.307 e. The first-order chi connectivity index (χ1) is 11.1. The number of hydrogen-bond acceptors (Lipinski definition) is 5. The second-order valence-electron chi connectivity index (χ2n) is 5.02. The molecule has 2 aromatic rings. The second kappa shape index (κ2) is 7.49. The third-order valence-corrected chi connectivity index (χ3v) is 3.62. The lowest BCUT2D eigenvalue weighted by Gasteiger charge is -2.33. The summed E-state index contributed by atoms with van der Waals surface area (Å²) in [6, 6.07) is 7.14. The third kappa shape index (κ3) is 3.91. The van der Waals surface area contributed by atoms with Gasteiger partial charge in [-0.15, -0.1) is 0 Å². The molecule has 0 amide bonds. The maximum atomic E-state index is 12.2. The van der Waals surface area contributed by atoms with Crippen LogP contribution in [0, 0.1) is 0 Å². The van der Waals surface area contributed by atoms with E-state index >= 15 is 0 Å². The number of aliphatic carboxylic acids is 1. The number of hydrogen-bond donors (Lipinski definition) is 1. The minimum absolute atomic E-state index is 0.173. The number of pyridine rings is 2. The zero-order valence-corrected chi connectivity index (χ0v) is 12.8. The Hall–Kier alpha value is -2.76. The van der Waals surface area contributed by atoms with Gasteiger partial charge in [0.25, 0.3) is 0 Å². The molecule has 120 valence electrons. The third-order valence-electron chi connectivity index (χ3n) is 3.62. The van der Waals surface area contributed by atoms with Crippen molar-refractivity contribution in [1.82, 2.24) is 9.97 Å². The van der Waals surface area contributed by atoms with E-state index in [0.29, 0.717) is 6.42 Å². The molecule has 23 heavy (non-hydrogen) atoms. The van der Waals surface area contributed by atoms with Gasteiger partial charge in [-0.3, -0.25) is 19.6 Å². The van der Waals surface area contributed by atoms with E-state index in [2.05, 4.69) is 9.97 Å². The van der Waals surface area contributed by atoms with Gasteiger partial charge in [0.1, 0.15) is 0 Å². The summed E-state index contributed by atoms with van der Waals surface area (Å²) in [7, 11) is 0. The second-order valence-corrected chi connectivity index (χ2v) is 5.02. The highest BCUT2D eigenvalue weighted by molar-refractivity contribution is 5.77. The summed E-state index contributed by atoms with van der Waals surface area (Å²) in [6.07, 6.45) is 6.59. The van der Waals surface area contributed by atoms with Gasteiger partial charge in [0.15, 0.2) is 5.60 Å². The smallest absolute Gasteiger partial charge is 0.307 e. The van der Waals surface area contributed by atoms with Gasteiger partial charge >= 0.3 is 11.9 Å². The summed E-state index contributed by atoms with van der Waals surface area (Å²) < 4.78 is 5.75. The average Bonchev–Trinajstić information content (AvgIpc) is 2.59. The minimum atomic E-state index is -1.03. The van der Waals surface area contributed by atoms with Gasteiger partial charge in [-0.25, -0.2) is 0 Å². The van der Waals surface area contributed by atoms with E-state index < -0.39 is 17.5 Å². The molecule has 2 aromatic heterocycles. The van der Waals surface area contributed by atoms with E-state index in [0.717, 1.165) is 11.1 Å². The number of carbonyl (C=O) groups excluding carboxylic acids is 1. The van der Waals surface area contributed by atoms with E-state index in [-0.39, 0.29) is 12.8 Å². The van der Waals surface area contributed by atoms with Crippen LogP contribution in [0.25, 0.3) is 0 Å². The van der Waals surface area contributed by atoms with Gasteiger partial charge in [0, 0.05) is 35.9 Å². The molecular weight excluding hydrogens is 296 g/mol. The predicted molar refractivity (Wildman–Crippen MR) is 82.5 cm³/mol. The molecule has 6 nitrogen and oxygen atoms in total. The molecule has 0 saturated carbocycles. The van der Waals surface area contributed by atoms with Gasteiger partial charge in [0.05, 0.1) is 12.8 Å². The van der Waals surface area contributed by atoms with Crippen molar-refractivity contribution in [3.8, 4) is 0 Å². The van der Waals surface area contributed by atoms with Crippen LogP contribution in [0.5, 0.6) is 0 Å². The van der Waals surface area contributed by atoms with E-state index in [9.17, 15) is 9.59 Å². The number of esters is 1. The van der Waals surface area contributed by atoms with Crippen molar-refractivity contribution in [3.63, 3.8) is 0 Å². The van der Waals surface area contributed by atoms with E-state index in [1.54, 1.807) is 49.1 Å². The van der Waals surface area contributed by atoms with Gasteiger partial charge < -0.3 is 9.84 Å². The zero-order chi connectivity index (χ0) is 16.7. The summed E-state index contributed by atoms with van der Waals surface area (Å²) >= 11 is 0. The summed E-state index contributed by atoms with van der Waals surface area (Å²) in [5, 5.41) is 8.73. The fraction of sp³-hybridized carbons (Fsp3) is 0.294. The molecule has 0 saturated heterocycles. The van der Waals surface area contributed by atoms with Gasteiger partial charge in [0.2, 0.25) is 0 Å². The van der Waals surface area contributed by atoms with Gasteiger partial charge in [-0.1, -0.05) is 6.92 Å². The number of carboxylic acids is 1. The standard InChI is InChI=1S/C17H18N2O4/c1-2-17(13-5-9-18-10-6-13,14-7-11-19-12-8-14)23-16(22)4-3-15(20)21/h5-12H,2-4H2,1H3,(H,20,21). The number of rotatable bonds is 7. The number of nitrogens with zero attached hydrogens (tertiary/aromatic N) is 2. The average molecular weight is 314 g/mol. The molecule has 6 heteroatoms. The lowest BCUT2D eigenvalue weighted by atomic mass is 9.84. The first-order valence-electron chi connectivity index (χ1n) is 7.33. The lowest BCUT2D eigenvalue weighted by Crippen LogP contribution is -2.33. The zero-order valence-electron chi connectivity index (χ0n) is 12.8. The van der Waals surface area contributed by atoms with Crippen LogP contribution in [0.15, 0.2) is 49.1 Å². The highest BCUT2D eigenvalue weighted by atomic mass is 16.6. The van der Waals surface area contributed by atoms with Crippen LogP contribution in [0.4, 0.5) is 0 Å². The summed E-state index contributed by atoms with van der Waals surface area (Å²) in [4.78, 5) is 30.8. The first-order valence-corrected chi connectivity index (χ1v) is 7.33. The topological polar surface area (TPSA) is 89.4 Å². The van der Waals surface area contributed by atoms with E-state index in [4.69, 9.17) is 9.84 Å². The van der Waals surface area contributed by atoms with E-state index in [1.165, 1.54) is 0 Å². The highest BCUT2D eigenvalue weighted by Gasteiger charge is 2.36. The fourth-order valence-corrected chi connectivity index (χ4v) is 2.46. The molecule has 1 N–H and O–H groups in total. The predicted octanol–water partition coefficient (Wildman–Crippen LogP) is 2.54. The highest BCUT2D eigenvalue weighted by Crippen LogP contribution is 2.37. The molecule has 0 atom stereocenters. The summed E-state index contributed by atoms with van der Waals surface area (Å²) in [6.45, 7) is 1.91. The Balaban J connectivity index is 2.39. The molecule has 0 fully saturated rings. The minimum Gasteiger partial charge on any atom is -0.481 e.